The Labute approximate surface area is 134 Å². The van der Waals surface area contributed by atoms with E-state index >= 15 is 0 Å². The first-order chi connectivity index (χ1) is 11.1. The fourth-order valence-electron chi connectivity index (χ4n) is 3.11. The van der Waals surface area contributed by atoms with Crippen molar-refractivity contribution in [3.8, 4) is 12.3 Å². The van der Waals surface area contributed by atoms with Crippen molar-refractivity contribution in [1.82, 2.24) is 4.57 Å². The second-order valence-corrected chi connectivity index (χ2v) is 5.85. The molecule has 1 saturated heterocycles. The van der Waals surface area contributed by atoms with Gasteiger partial charge in [-0.1, -0.05) is 5.92 Å². The third-order valence-corrected chi connectivity index (χ3v) is 4.36. The molecule has 0 saturated carbocycles. The molecule has 1 aromatic carbocycles. The van der Waals surface area contributed by atoms with Gasteiger partial charge in [0.1, 0.15) is 0 Å². The molecule has 3 rings (SSSR count). The van der Waals surface area contributed by atoms with E-state index in [-0.39, 0.29) is 18.0 Å². The van der Waals surface area contributed by atoms with E-state index in [4.69, 9.17) is 6.42 Å². The molecule has 1 unspecified atom stereocenters. The summed E-state index contributed by atoms with van der Waals surface area (Å²) >= 11 is 0. The lowest BCUT2D eigenvalue weighted by atomic mass is 9.97. The SMILES string of the molecule is C#CCn1ccc2cc(N3CCCC(C(=O)O)C3)ccc2c1=O. The van der Waals surface area contributed by atoms with Crippen molar-refractivity contribution in [2.24, 2.45) is 5.92 Å². The lowest BCUT2D eigenvalue weighted by molar-refractivity contribution is -0.141. The summed E-state index contributed by atoms with van der Waals surface area (Å²) in [6.45, 7) is 1.60. The second kappa shape index (κ2) is 6.17. The number of pyridine rings is 1. The number of hydrogen-bond acceptors (Lipinski definition) is 3. The van der Waals surface area contributed by atoms with Crippen molar-refractivity contribution >= 4 is 22.4 Å². The third-order valence-electron chi connectivity index (χ3n) is 4.36. The van der Waals surface area contributed by atoms with Crippen LogP contribution < -0.4 is 10.5 Å². The summed E-state index contributed by atoms with van der Waals surface area (Å²) < 4.78 is 1.50. The topological polar surface area (TPSA) is 62.5 Å². The molecular formula is C18H18N2O3. The van der Waals surface area contributed by atoms with Crippen LogP contribution in [0.5, 0.6) is 0 Å². The summed E-state index contributed by atoms with van der Waals surface area (Å²) in [6.07, 6.45) is 8.55. The van der Waals surface area contributed by atoms with E-state index in [0.29, 0.717) is 11.9 Å². The van der Waals surface area contributed by atoms with Gasteiger partial charge in [0.05, 0.1) is 12.5 Å². The van der Waals surface area contributed by atoms with Gasteiger partial charge in [-0.3, -0.25) is 9.59 Å². The van der Waals surface area contributed by atoms with E-state index in [1.165, 1.54) is 4.57 Å². The van der Waals surface area contributed by atoms with Crippen LogP contribution in [0.3, 0.4) is 0 Å². The molecule has 0 bridgehead atoms. The van der Waals surface area contributed by atoms with E-state index < -0.39 is 5.97 Å². The molecule has 0 spiro atoms. The quantitative estimate of drug-likeness (QED) is 0.880. The monoisotopic (exact) mass is 310 g/mol. The molecule has 2 aromatic rings. The normalized spacial score (nSPS) is 17.9. The average molecular weight is 310 g/mol. The minimum Gasteiger partial charge on any atom is -0.481 e. The predicted octanol–water partition coefficient (Wildman–Crippen LogP) is 1.94. The van der Waals surface area contributed by atoms with Gasteiger partial charge in [0.15, 0.2) is 0 Å². The Bertz CT molecular complexity index is 847. The molecule has 1 atom stereocenters. The molecule has 0 aliphatic carbocycles. The van der Waals surface area contributed by atoms with Gasteiger partial charge in [-0.05, 0) is 42.5 Å². The van der Waals surface area contributed by atoms with E-state index in [9.17, 15) is 14.7 Å². The fraction of sp³-hybridized carbons (Fsp3) is 0.333. The number of anilines is 1. The summed E-state index contributed by atoms with van der Waals surface area (Å²) in [5.74, 6) is 1.39. The first-order valence-corrected chi connectivity index (χ1v) is 7.64. The number of rotatable bonds is 3. The van der Waals surface area contributed by atoms with Crippen molar-refractivity contribution in [1.29, 1.82) is 0 Å². The van der Waals surface area contributed by atoms with Crippen LogP contribution in [0.2, 0.25) is 0 Å². The van der Waals surface area contributed by atoms with Gasteiger partial charge in [-0.15, -0.1) is 6.42 Å². The number of nitrogens with zero attached hydrogens (tertiary/aromatic N) is 2. The maximum absolute atomic E-state index is 12.3. The van der Waals surface area contributed by atoms with Crippen LogP contribution in [0.15, 0.2) is 35.3 Å². The number of piperidine rings is 1. The second-order valence-electron chi connectivity index (χ2n) is 5.85. The van der Waals surface area contributed by atoms with E-state index in [1.54, 1.807) is 12.3 Å². The Morgan fingerprint density at radius 3 is 2.96 bits per heavy atom. The molecule has 5 heteroatoms. The highest BCUT2D eigenvalue weighted by atomic mass is 16.4. The number of aliphatic carboxylic acids is 1. The molecule has 23 heavy (non-hydrogen) atoms. The zero-order valence-corrected chi connectivity index (χ0v) is 12.7. The average Bonchev–Trinajstić information content (AvgIpc) is 2.57. The van der Waals surface area contributed by atoms with E-state index in [0.717, 1.165) is 30.5 Å². The number of benzene rings is 1. The van der Waals surface area contributed by atoms with Crippen molar-refractivity contribution in [3.05, 3.63) is 40.8 Å². The molecule has 118 valence electrons. The van der Waals surface area contributed by atoms with Gasteiger partial charge >= 0.3 is 5.97 Å². The number of fused-ring (bicyclic) bond motifs is 1. The number of terminal acetylenes is 1. The van der Waals surface area contributed by atoms with E-state index in [1.807, 2.05) is 18.2 Å². The molecule has 0 amide bonds. The van der Waals surface area contributed by atoms with Crippen LogP contribution in [0.4, 0.5) is 5.69 Å². The molecule has 5 nitrogen and oxygen atoms in total. The van der Waals surface area contributed by atoms with Crippen molar-refractivity contribution in [3.63, 3.8) is 0 Å². The molecule has 1 N–H and O–H groups in total. The summed E-state index contributed by atoms with van der Waals surface area (Å²) in [4.78, 5) is 25.6. The summed E-state index contributed by atoms with van der Waals surface area (Å²) in [5, 5.41) is 10.7. The zero-order valence-electron chi connectivity index (χ0n) is 12.7. The van der Waals surface area contributed by atoms with Crippen molar-refractivity contribution < 1.29 is 9.90 Å². The maximum atomic E-state index is 12.3. The minimum atomic E-state index is -0.743. The number of carboxylic acids is 1. The zero-order chi connectivity index (χ0) is 16.4. The fourth-order valence-corrected chi connectivity index (χ4v) is 3.11. The smallest absolute Gasteiger partial charge is 0.308 e. The Kier molecular flexibility index (Phi) is 4.07. The molecule has 1 aromatic heterocycles. The lowest BCUT2D eigenvalue weighted by Gasteiger charge is -2.32. The van der Waals surface area contributed by atoms with Crippen LogP contribution in [-0.4, -0.2) is 28.7 Å². The summed E-state index contributed by atoms with van der Waals surface area (Å²) in [6, 6.07) is 7.50. The third kappa shape index (κ3) is 2.93. The Balaban J connectivity index is 1.95. The van der Waals surface area contributed by atoms with Crippen LogP contribution in [0.25, 0.3) is 10.8 Å². The highest BCUT2D eigenvalue weighted by molar-refractivity contribution is 5.85. The Morgan fingerprint density at radius 1 is 1.39 bits per heavy atom. The standard InChI is InChI=1S/C18H18N2O3/c1-2-8-19-10-7-13-11-15(5-6-16(13)17(19)21)20-9-3-4-14(12-20)18(22)23/h1,5-7,10-11,14H,3-4,8-9,12H2,(H,22,23). The Morgan fingerprint density at radius 2 is 2.22 bits per heavy atom. The highest BCUT2D eigenvalue weighted by Gasteiger charge is 2.25. The van der Waals surface area contributed by atoms with Gasteiger partial charge in [0.2, 0.25) is 0 Å². The predicted molar refractivity (Wildman–Crippen MR) is 89.6 cm³/mol. The molecular weight excluding hydrogens is 292 g/mol. The van der Waals surface area contributed by atoms with Crippen LogP contribution in [0.1, 0.15) is 12.8 Å². The van der Waals surface area contributed by atoms with Gasteiger partial charge < -0.3 is 14.6 Å². The molecule has 1 aliphatic heterocycles. The molecule has 1 aliphatic rings. The summed E-state index contributed by atoms with van der Waals surface area (Å²) in [7, 11) is 0. The molecule has 0 radical (unpaired) electrons. The highest BCUT2D eigenvalue weighted by Crippen LogP contribution is 2.25. The van der Waals surface area contributed by atoms with Crippen LogP contribution >= 0.6 is 0 Å². The minimum absolute atomic E-state index is 0.103. The first-order valence-electron chi connectivity index (χ1n) is 7.64. The van der Waals surface area contributed by atoms with Gasteiger partial charge in [0, 0.05) is 30.4 Å². The lowest BCUT2D eigenvalue weighted by Crippen LogP contribution is -2.38. The molecule has 1 fully saturated rings. The van der Waals surface area contributed by atoms with Crippen LogP contribution in [-0.2, 0) is 11.3 Å². The van der Waals surface area contributed by atoms with E-state index in [2.05, 4.69) is 10.8 Å². The Hall–Kier alpha value is -2.74. The number of carboxylic acid groups (broad SMARTS) is 1. The summed E-state index contributed by atoms with van der Waals surface area (Å²) in [5.41, 5.74) is 0.853. The number of aromatic nitrogens is 1. The van der Waals surface area contributed by atoms with Gasteiger partial charge in [-0.2, -0.15) is 0 Å². The van der Waals surface area contributed by atoms with Crippen molar-refractivity contribution in [2.75, 3.05) is 18.0 Å². The first kappa shape index (κ1) is 15.2. The van der Waals surface area contributed by atoms with Gasteiger partial charge in [-0.25, -0.2) is 0 Å². The van der Waals surface area contributed by atoms with Gasteiger partial charge in [0.25, 0.3) is 5.56 Å². The largest absolute Gasteiger partial charge is 0.481 e. The number of hydrogen-bond donors (Lipinski definition) is 1. The molecule has 2 heterocycles. The van der Waals surface area contributed by atoms with Crippen LogP contribution in [0, 0.1) is 18.3 Å². The number of carbonyl (C=O) groups is 1. The van der Waals surface area contributed by atoms with Crippen molar-refractivity contribution in [2.45, 2.75) is 19.4 Å². The maximum Gasteiger partial charge on any atom is 0.308 e.